The minimum atomic E-state index is -0.989. The van der Waals surface area contributed by atoms with Gasteiger partial charge in [0.15, 0.2) is 0 Å². The molecule has 1 aromatic carbocycles. The van der Waals surface area contributed by atoms with Crippen LogP contribution in [0.5, 0.6) is 0 Å². The summed E-state index contributed by atoms with van der Waals surface area (Å²) < 4.78 is 0. The summed E-state index contributed by atoms with van der Waals surface area (Å²) in [5.74, 6) is -0.475. The van der Waals surface area contributed by atoms with Crippen LogP contribution in [-0.2, 0) is 11.2 Å². The van der Waals surface area contributed by atoms with Crippen LogP contribution in [0.2, 0.25) is 0 Å². The first kappa shape index (κ1) is 12.6. The van der Waals surface area contributed by atoms with Crippen LogP contribution in [0.25, 0.3) is 0 Å². The first-order valence-corrected chi connectivity index (χ1v) is 6.24. The summed E-state index contributed by atoms with van der Waals surface area (Å²) in [6, 6.07) is 6.63. The molecule has 0 unspecified atom stereocenters. The van der Waals surface area contributed by atoms with Crippen LogP contribution in [0.3, 0.4) is 0 Å². The first-order chi connectivity index (χ1) is 8.66. The molecule has 1 saturated carbocycles. The van der Waals surface area contributed by atoms with E-state index in [-0.39, 0.29) is 17.9 Å². The highest BCUT2D eigenvalue weighted by Crippen LogP contribution is 2.25. The van der Waals surface area contributed by atoms with E-state index in [1.165, 1.54) is 25.3 Å². The molecule has 0 radical (unpaired) electrons. The van der Waals surface area contributed by atoms with E-state index in [1.54, 1.807) is 18.2 Å². The van der Waals surface area contributed by atoms with Gasteiger partial charge in [-0.2, -0.15) is 0 Å². The number of benzene rings is 1. The van der Waals surface area contributed by atoms with E-state index < -0.39 is 5.97 Å². The molecule has 4 heteroatoms. The SMILES string of the molecule is O=C(Cc1ccccc1C(=O)O)NCC1CCC1. The second-order valence-corrected chi connectivity index (χ2v) is 4.74. The molecule has 18 heavy (non-hydrogen) atoms. The number of aromatic carboxylic acids is 1. The first-order valence-electron chi connectivity index (χ1n) is 6.24. The Hall–Kier alpha value is -1.84. The van der Waals surface area contributed by atoms with E-state index in [0.717, 1.165) is 0 Å². The second-order valence-electron chi connectivity index (χ2n) is 4.74. The summed E-state index contributed by atoms with van der Waals surface area (Å²) >= 11 is 0. The van der Waals surface area contributed by atoms with Crippen molar-refractivity contribution in [2.45, 2.75) is 25.7 Å². The van der Waals surface area contributed by atoms with Crippen molar-refractivity contribution >= 4 is 11.9 Å². The third-order valence-corrected chi connectivity index (χ3v) is 3.41. The average molecular weight is 247 g/mol. The molecule has 96 valence electrons. The number of amides is 1. The molecule has 1 amide bonds. The van der Waals surface area contributed by atoms with Crippen LogP contribution < -0.4 is 5.32 Å². The number of hydrogen-bond donors (Lipinski definition) is 2. The van der Waals surface area contributed by atoms with Crippen LogP contribution >= 0.6 is 0 Å². The molecule has 0 heterocycles. The molecule has 0 bridgehead atoms. The summed E-state index contributed by atoms with van der Waals surface area (Å²) in [7, 11) is 0. The van der Waals surface area contributed by atoms with Crippen LogP contribution in [0.1, 0.15) is 35.2 Å². The van der Waals surface area contributed by atoms with Crippen molar-refractivity contribution < 1.29 is 14.7 Å². The zero-order valence-corrected chi connectivity index (χ0v) is 10.2. The fourth-order valence-electron chi connectivity index (χ4n) is 2.07. The normalized spacial score (nSPS) is 14.9. The number of carboxylic acids is 1. The van der Waals surface area contributed by atoms with Gasteiger partial charge in [-0.1, -0.05) is 24.6 Å². The van der Waals surface area contributed by atoms with Crippen molar-refractivity contribution in [3.05, 3.63) is 35.4 Å². The molecule has 2 N–H and O–H groups in total. The quantitative estimate of drug-likeness (QED) is 0.834. The van der Waals surface area contributed by atoms with Gasteiger partial charge in [0, 0.05) is 6.54 Å². The van der Waals surface area contributed by atoms with Crippen molar-refractivity contribution in [3.8, 4) is 0 Å². The molecule has 1 aliphatic rings. The highest BCUT2D eigenvalue weighted by atomic mass is 16.4. The predicted molar refractivity (Wildman–Crippen MR) is 67.5 cm³/mol. The van der Waals surface area contributed by atoms with Gasteiger partial charge in [0.05, 0.1) is 12.0 Å². The fourth-order valence-corrected chi connectivity index (χ4v) is 2.07. The van der Waals surface area contributed by atoms with E-state index in [0.29, 0.717) is 18.0 Å². The van der Waals surface area contributed by atoms with E-state index in [1.807, 2.05) is 0 Å². The molecule has 0 atom stereocenters. The predicted octanol–water partition coefficient (Wildman–Crippen LogP) is 1.84. The van der Waals surface area contributed by atoms with Crippen molar-refractivity contribution in [1.29, 1.82) is 0 Å². The van der Waals surface area contributed by atoms with Crippen molar-refractivity contribution in [2.24, 2.45) is 5.92 Å². The Morgan fingerprint density at radius 1 is 1.28 bits per heavy atom. The molecule has 0 spiro atoms. The Kier molecular flexibility index (Phi) is 3.97. The van der Waals surface area contributed by atoms with E-state index in [9.17, 15) is 9.59 Å². The molecule has 0 aromatic heterocycles. The van der Waals surface area contributed by atoms with Gasteiger partial charge < -0.3 is 10.4 Å². The molecule has 4 nitrogen and oxygen atoms in total. The molecule has 2 rings (SSSR count). The average Bonchev–Trinajstić information content (AvgIpc) is 2.27. The van der Waals surface area contributed by atoms with Crippen LogP contribution in [0.4, 0.5) is 0 Å². The van der Waals surface area contributed by atoms with E-state index in [2.05, 4.69) is 5.32 Å². The van der Waals surface area contributed by atoms with Gasteiger partial charge in [-0.3, -0.25) is 4.79 Å². The number of rotatable bonds is 5. The Morgan fingerprint density at radius 2 is 2.00 bits per heavy atom. The lowest BCUT2D eigenvalue weighted by Crippen LogP contribution is -2.33. The largest absolute Gasteiger partial charge is 0.478 e. The van der Waals surface area contributed by atoms with E-state index in [4.69, 9.17) is 5.11 Å². The lowest BCUT2D eigenvalue weighted by molar-refractivity contribution is -0.120. The smallest absolute Gasteiger partial charge is 0.335 e. The molecule has 1 aliphatic carbocycles. The lowest BCUT2D eigenvalue weighted by atomic mass is 9.85. The monoisotopic (exact) mass is 247 g/mol. The van der Waals surface area contributed by atoms with Crippen molar-refractivity contribution in [3.63, 3.8) is 0 Å². The zero-order valence-electron chi connectivity index (χ0n) is 10.2. The van der Waals surface area contributed by atoms with Gasteiger partial charge in [0.25, 0.3) is 0 Å². The van der Waals surface area contributed by atoms with Crippen LogP contribution in [0, 0.1) is 5.92 Å². The molecule has 1 fully saturated rings. The van der Waals surface area contributed by atoms with Crippen LogP contribution in [0.15, 0.2) is 24.3 Å². The van der Waals surface area contributed by atoms with E-state index >= 15 is 0 Å². The maximum atomic E-state index is 11.7. The fraction of sp³-hybridized carbons (Fsp3) is 0.429. The molecule has 1 aromatic rings. The summed E-state index contributed by atoms with van der Waals surface area (Å²) in [6.07, 6.45) is 3.76. The minimum Gasteiger partial charge on any atom is -0.478 e. The van der Waals surface area contributed by atoms with Crippen molar-refractivity contribution in [1.82, 2.24) is 5.32 Å². The number of carboxylic acid groups (broad SMARTS) is 1. The van der Waals surface area contributed by atoms with Gasteiger partial charge in [-0.15, -0.1) is 0 Å². The Morgan fingerprint density at radius 3 is 2.61 bits per heavy atom. The van der Waals surface area contributed by atoms with Gasteiger partial charge in [0.1, 0.15) is 0 Å². The summed E-state index contributed by atoms with van der Waals surface area (Å²) in [5.41, 5.74) is 0.771. The standard InChI is InChI=1S/C14H17NO3/c16-13(15-9-10-4-3-5-10)8-11-6-1-2-7-12(11)14(17)18/h1-2,6-7,10H,3-5,8-9H2,(H,15,16)(H,17,18). The third kappa shape index (κ3) is 3.09. The maximum Gasteiger partial charge on any atom is 0.335 e. The minimum absolute atomic E-state index is 0.101. The van der Waals surface area contributed by atoms with Crippen molar-refractivity contribution in [2.75, 3.05) is 6.54 Å². The van der Waals surface area contributed by atoms with Gasteiger partial charge >= 0.3 is 5.97 Å². The molecule has 0 aliphatic heterocycles. The van der Waals surface area contributed by atoms with Crippen LogP contribution in [-0.4, -0.2) is 23.5 Å². The Labute approximate surface area is 106 Å². The molecule has 0 saturated heterocycles. The number of carbonyl (C=O) groups is 2. The number of carbonyl (C=O) groups excluding carboxylic acids is 1. The summed E-state index contributed by atoms with van der Waals surface area (Å²) in [5, 5.41) is 11.9. The summed E-state index contributed by atoms with van der Waals surface area (Å²) in [4.78, 5) is 22.7. The highest BCUT2D eigenvalue weighted by molar-refractivity contribution is 5.91. The highest BCUT2D eigenvalue weighted by Gasteiger charge is 2.18. The molecular formula is C14H17NO3. The van der Waals surface area contributed by atoms with Gasteiger partial charge in [-0.05, 0) is 30.4 Å². The maximum absolute atomic E-state index is 11.7. The third-order valence-electron chi connectivity index (χ3n) is 3.41. The topological polar surface area (TPSA) is 66.4 Å². The summed E-state index contributed by atoms with van der Waals surface area (Å²) in [6.45, 7) is 0.716. The molecular weight excluding hydrogens is 230 g/mol. The number of nitrogens with one attached hydrogen (secondary N) is 1. The number of hydrogen-bond acceptors (Lipinski definition) is 2. The van der Waals surface area contributed by atoms with Gasteiger partial charge in [0.2, 0.25) is 5.91 Å². The Balaban J connectivity index is 1.91. The lowest BCUT2D eigenvalue weighted by Gasteiger charge is -2.25. The van der Waals surface area contributed by atoms with Gasteiger partial charge in [-0.25, -0.2) is 4.79 Å². The second kappa shape index (κ2) is 5.67. The zero-order chi connectivity index (χ0) is 13.0. The Bertz CT molecular complexity index is 452.